The predicted octanol–water partition coefficient (Wildman–Crippen LogP) is 4.05. The van der Waals surface area contributed by atoms with Gasteiger partial charge in [0.05, 0.1) is 5.92 Å². The molecule has 0 bridgehead atoms. The fourth-order valence-electron chi connectivity index (χ4n) is 3.59. The van der Waals surface area contributed by atoms with Gasteiger partial charge >= 0.3 is 0 Å². The summed E-state index contributed by atoms with van der Waals surface area (Å²) >= 11 is 0. The van der Waals surface area contributed by atoms with Crippen molar-refractivity contribution in [2.24, 2.45) is 0 Å². The van der Waals surface area contributed by atoms with E-state index in [1.165, 1.54) is 0 Å². The number of benzene rings is 3. The number of ether oxygens (including phenoxy) is 1. The van der Waals surface area contributed by atoms with E-state index in [2.05, 4.69) is 10.6 Å². The van der Waals surface area contributed by atoms with Gasteiger partial charge in [0.15, 0.2) is 0 Å². The molecule has 0 radical (unpaired) electrons. The van der Waals surface area contributed by atoms with Crippen LogP contribution in [0.2, 0.25) is 0 Å². The van der Waals surface area contributed by atoms with Gasteiger partial charge < -0.3 is 15.4 Å². The van der Waals surface area contributed by atoms with Crippen LogP contribution in [0.25, 0.3) is 0 Å². The number of nitrogens with one attached hydrogen (secondary N) is 2. The van der Waals surface area contributed by atoms with Crippen molar-refractivity contribution in [2.75, 3.05) is 11.9 Å². The van der Waals surface area contributed by atoms with Crippen molar-refractivity contribution < 1.29 is 14.3 Å². The van der Waals surface area contributed by atoms with E-state index in [9.17, 15) is 9.59 Å². The molecule has 0 aromatic heterocycles. The lowest BCUT2D eigenvalue weighted by Gasteiger charge is -2.24. The molecule has 1 aliphatic heterocycles. The maximum atomic E-state index is 12.7. The van der Waals surface area contributed by atoms with Gasteiger partial charge in [0.2, 0.25) is 11.8 Å². The number of hydrogen-bond acceptors (Lipinski definition) is 3. The Balaban J connectivity index is 1.27. The lowest BCUT2D eigenvalue weighted by atomic mass is 9.90. The molecule has 30 heavy (non-hydrogen) atoms. The summed E-state index contributed by atoms with van der Waals surface area (Å²) in [6, 6.07) is 25.4. The first-order chi connectivity index (χ1) is 14.7. The van der Waals surface area contributed by atoms with E-state index in [1.807, 2.05) is 78.9 Å². The van der Waals surface area contributed by atoms with Gasteiger partial charge in [0.1, 0.15) is 12.4 Å². The van der Waals surface area contributed by atoms with Gasteiger partial charge in [0, 0.05) is 18.7 Å². The maximum Gasteiger partial charge on any atom is 0.228 e. The molecule has 1 heterocycles. The molecular weight excluding hydrogens is 376 g/mol. The molecule has 5 heteroatoms. The third kappa shape index (κ3) is 4.87. The van der Waals surface area contributed by atoms with Crippen molar-refractivity contribution in [1.82, 2.24) is 5.32 Å². The quantitative estimate of drug-likeness (QED) is 0.629. The molecule has 1 aliphatic rings. The zero-order valence-corrected chi connectivity index (χ0v) is 16.6. The van der Waals surface area contributed by atoms with Crippen molar-refractivity contribution in [2.45, 2.75) is 25.4 Å². The lowest BCUT2D eigenvalue weighted by molar-refractivity contribution is -0.126. The zero-order chi connectivity index (χ0) is 20.8. The van der Waals surface area contributed by atoms with Crippen LogP contribution in [0.4, 0.5) is 5.69 Å². The molecule has 5 nitrogen and oxygen atoms in total. The van der Waals surface area contributed by atoms with Gasteiger partial charge in [0.25, 0.3) is 0 Å². The summed E-state index contributed by atoms with van der Waals surface area (Å²) < 4.78 is 5.80. The minimum absolute atomic E-state index is 0.111. The molecule has 2 amide bonds. The first-order valence-electron chi connectivity index (χ1n) is 10.1. The molecule has 0 spiro atoms. The molecule has 3 aromatic rings. The highest BCUT2D eigenvalue weighted by Gasteiger charge is 2.30. The Morgan fingerprint density at radius 2 is 1.67 bits per heavy atom. The Labute approximate surface area is 176 Å². The van der Waals surface area contributed by atoms with Gasteiger partial charge in [-0.25, -0.2) is 0 Å². The van der Waals surface area contributed by atoms with Crippen LogP contribution in [0.15, 0.2) is 78.9 Å². The number of amides is 2. The summed E-state index contributed by atoms with van der Waals surface area (Å²) in [7, 11) is 0. The van der Waals surface area contributed by atoms with E-state index >= 15 is 0 Å². The van der Waals surface area contributed by atoms with E-state index in [4.69, 9.17) is 4.74 Å². The standard InChI is InChI=1S/C25H24N2O3/c28-24-16-22(21-8-4-5-9-23(21)27-24)25(29)26-15-14-18-10-12-20(13-11-18)30-17-19-6-2-1-3-7-19/h1-13,22H,14-17H2,(H,26,29)(H,27,28). The van der Waals surface area contributed by atoms with Gasteiger partial charge in [-0.2, -0.15) is 0 Å². The Morgan fingerprint density at radius 1 is 0.933 bits per heavy atom. The smallest absolute Gasteiger partial charge is 0.228 e. The Morgan fingerprint density at radius 3 is 2.47 bits per heavy atom. The molecular formula is C25H24N2O3. The fraction of sp³-hybridized carbons (Fsp3) is 0.200. The van der Waals surface area contributed by atoms with Gasteiger partial charge in [-0.1, -0.05) is 60.7 Å². The maximum absolute atomic E-state index is 12.7. The van der Waals surface area contributed by atoms with Crippen LogP contribution in [-0.4, -0.2) is 18.4 Å². The monoisotopic (exact) mass is 400 g/mol. The second-order valence-electron chi connectivity index (χ2n) is 7.35. The second kappa shape index (κ2) is 9.27. The fourth-order valence-corrected chi connectivity index (χ4v) is 3.59. The topological polar surface area (TPSA) is 67.4 Å². The van der Waals surface area contributed by atoms with E-state index in [-0.39, 0.29) is 18.2 Å². The highest BCUT2D eigenvalue weighted by Crippen LogP contribution is 2.31. The summed E-state index contributed by atoms with van der Waals surface area (Å²) in [6.07, 6.45) is 0.890. The van der Waals surface area contributed by atoms with Crippen LogP contribution in [-0.2, 0) is 22.6 Å². The molecule has 0 fully saturated rings. The first-order valence-corrected chi connectivity index (χ1v) is 10.1. The summed E-state index contributed by atoms with van der Waals surface area (Å²) in [5.41, 5.74) is 3.83. The van der Waals surface area contributed by atoms with Crippen LogP contribution in [0, 0.1) is 0 Å². The van der Waals surface area contributed by atoms with Crippen molar-refractivity contribution in [3.8, 4) is 5.75 Å². The van der Waals surface area contributed by atoms with Crippen LogP contribution >= 0.6 is 0 Å². The van der Waals surface area contributed by atoms with Crippen molar-refractivity contribution >= 4 is 17.5 Å². The van der Waals surface area contributed by atoms with Crippen LogP contribution < -0.4 is 15.4 Å². The number of hydrogen-bond donors (Lipinski definition) is 2. The molecule has 0 saturated heterocycles. The van der Waals surface area contributed by atoms with Crippen molar-refractivity contribution in [3.63, 3.8) is 0 Å². The molecule has 3 aromatic carbocycles. The number of anilines is 1. The normalized spacial score (nSPS) is 15.1. The van der Waals surface area contributed by atoms with Gasteiger partial charge in [-0.05, 0) is 41.3 Å². The summed E-state index contributed by atoms with van der Waals surface area (Å²) in [5, 5.41) is 5.80. The Kier molecular flexibility index (Phi) is 6.09. The Bertz CT molecular complexity index is 1020. The largest absolute Gasteiger partial charge is 0.489 e. The average molecular weight is 400 g/mol. The second-order valence-corrected chi connectivity index (χ2v) is 7.35. The number of para-hydroxylation sites is 1. The molecule has 2 N–H and O–H groups in total. The van der Waals surface area contributed by atoms with Gasteiger partial charge in [-0.3, -0.25) is 9.59 Å². The summed E-state index contributed by atoms with van der Waals surface area (Å²) in [6.45, 7) is 1.05. The van der Waals surface area contributed by atoms with Crippen LogP contribution in [0.1, 0.15) is 29.0 Å². The average Bonchev–Trinajstić information content (AvgIpc) is 2.78. The van der Waals surface area contributed by atoms with Crippen molar-refractivity contribution in [3.05, 3.63) is 95.6 Å². The molecule has 1 atom stereocenters. The van der Waals surface area contributed by atoms with Gasteiger partial charge in [-0.15, -0.1) is 0 Å². The Hall–Kier alpha value is -3.60. The SMILES string of the molecule is O=C1CC(C(=O)NCCc2ccc(OCc3ccccc3)cc2)c2ccccc2N1. The minimum atomic E-state index is -0.441. The highest BCUT2D eigenvalue weighted by molar-refractivity contribution is 6.01. The lowest BCUT2D eigenvalue weighted by Crippen LogP contribution is -2.35. The van der Waals surface area contributed by atoms with E-state index in [0.29, 0.717) is 19.6 Å². The minimum Gasteiger partial charge on any atom is -0.489 e. The number of carbonyl (C=O) groups excluding carboxylic acids is 2. The predicted molar refractivity (Wildman–Crippen MR) is 116 cm³/mol. The van der Waals surface area contributed by atoms with Crippen LogP contribution in [0.3, 0.4) is 0 Å². The molecule has 4 rings (SSSR count). The first kappa shape index (κ1) is 19.7. The molecule has 152 valence electrons. The molecule has 0 aliphatic carbocycles. The molecule has 0 saturated carbocycles. The van der Waals surface area contributed by atoms with Crippen molar-refractivity contribution in [1.29, 1.82) is 0 Å². The van der Waals surface area contributed by atoms with E-state index in [0.717, 1.165) is 28.1 Å². The molecule has 1 unspecified atom stereocenters. The number of carbonyl (C=O) groups is 2. The number of rotatable bonds is 7. The summed E-state index contributed by atoms with van der Waals surface area (Å²) in [5.74, 6) is 0.139. The third-order valence-electron chi connectivity index (χ3n) is 5.20. The zero-order valence-electron chi connectivity index (χ0n) is 16.6. The third-order valence-corrected chi connectivity index (χ3v) is 5.20. The van der Waals surface area contributed by atoms with E-state index < -0.39 is 5.92 Å². The highest BCUT2D eigenvalue weighted by atomic mass is 16.5. The van der Waals surface area contributed by atoms with E-state index in [1.54, 1.807) is 0 Å². The number of fused-ring (bicyclic) bond motifs is 1. The van der Waals surface area contributed by atoms with Crippen LogP contribution in [0.5, 0.6) is 5.75 Å². The summed E-state index contributed by atoms with van der Waals surface area (Å²) in [4.78, 5) is 24.6.